The van der Waals surface area contributed by atoms with Gasteiger partial charge in [0.25, 0.3) is 0 Å². The molecule has 0 saturated heterocycles. The zero-order chi connectivity index (χ0) is 18.3. The molecule has 2 aromatic rings. The van der Waals surface area contributed by atoms with Crippen LogP contribution in [0.25, 0.3) is 0 Å². The molecule has 4 rings (SSSR count). The second kappa shape index (κ2) is 6.60. The van der Waals surface area contributed by atoms with E-state index in [0.29, 0.717) is 11.8 Å². The number of carbonyl (C=O) groups is 2. The lowest BCUT2D eigenvalue weighted by Crippen LogP contribution is -2.63. The Morgan fingerprint density at radius 2 is 1.04 bits per heavy atom. The number of fused-ring (bicyclic) bond motifs is 1. The topological polar surface area (TPSA) is 40.6 Å². The van der Waals surface area contributed by atoms with Crippen molar-refractivity contribution in [2.75, 3.05) is 23.9 Å². The molecular formula is C22H24N2O2. The molecule has 0 heterocycles. The lowest BCUT2D eigenvalue weighted by atomic mass is 9.46. The molecule has 0 spiro atoms. The molecule has 0 radical (unpaired) electrons. The van der Waals surface area contributed by atoms with Gasteiger partial charge in [0.05, 0.1) is 11.8 Å². The van der Waals surface area contributed by atoms with Crippen molar-refractivity contribution in [1.29, 1.82) is 0 Å². The molecule has 0 N–H and O–H groups in total. The number of amides is 2. The molecule has 2 fully saturated rings. The Kier molecular flexibility index (Phi) is 4.27. The van der Waals surface area contributed by atoms with E-state index in [0.717, 1.165) is 24.2 Å². The quantitative estimate of drug-likeness (QED) is 0.847. The number of nitrogens with zero attached hydrogens (tertiary/aromatic N) is 2. The van der Waals surface area contributed by atoms with Crippen molar-refractivity contribution in [2.24, 2.45) is 23.7 Å². The molecule has 0 bridgehead atoms. The summed E-state index contributed by atoms with van der Waals surface area (Å²) in [4.78, 5) is 29.7. The molecule has 2 aliphatic rings. The molecule has 4 heteroatoms. The van der Waals surface area contributed by atoms with Gasteiger partial charge in [-0.3, -0.25) is 9.59 Å². The molecule has 2 saturated carbocycles. The number of benzene rings is 2. The maximum atomic E-state index is 13.1. The summed E-state index contributed by atoms with van der Waals surface area (Å²) in [5.41, 5.74) is 1.76. The van der Waals surface area contributed by atoms with Gasteiger partial charge in [0.2, 0.25) is 11.8 Å². The Morgan fingerprint density at radius 1 is 0.692 bits per heavy atom. The first-order chi connectivity index (χ1) is 12.6. The van der Waals surface area contributed by atoms with E-state index >= 15 is 0 Å². The van der Waals surface area contributed by atoms with Crippen molar-refractivity contribution in [3.05, 3.63) is 60.7 Å². The molecule has 4 atom stereocenters. The predicted octanol–water partition coefficient (Wildman–Crippen LogP) is 3.58. The van der Waals surface area contributed by atoms with Gasteiger partial charge in [0, 0.05) is 25.5 Å². The molecule has 0 aromatic heterocycles. The second-order valence-electron chi connectivity index (χ2n) is 7.42. The van der Waals surface area contributed by atoms with Crippen LogP contribution in [0.5, 0.6) is 0 Å². The standard InChI is InChI=1S/C22H24N2O2/c1-23(15-9-5-3-6-10-15)21(25)19-17-13-14-18(17)20(19)22(26)24(2)16-11-7-4-8-12-16/h3-12,17-20H,13-14H2,1-2H3/t17-,18?,19?,20?/m0/s1. The molecule has 2 aliphatic carbocycles. The van der Waals surface area contributed by atoms with E-state index in [1.54, 1.807) is 9.80 Å². The molecule has 2 amide bonds. The smallest absolute Gasteiger partial charge is 0.230 e. The minimum atomic E-state index is -0.197. The third kappa shape index (κ3) is 2.61. The van der Waals surface area contributed by atoms with Crippen molar-refractivity contribution >= 4 is 23.2 Å². The van der Waals surface area contributed by atoms with Crippen LogP contribution in [0.15, 0.2) is 60.7 Å². The van der Waals surface area contributed by atoms with Crippen LogP contribution < -0.4 is 9.80 Å². The highest BCUT2D eigenvalue weighted by molar-refractivity contribution is 6.03. The van der Waals surface area contributed by atoms with Crippen LogP contribution in [0.2, 0.25) is 0 Å². The van der Waals surface area contributed by atoms with E-state index < -0.39 is 0 Å². The molecule has 26 heavy (non-hydrogen) atoms. The van der Waals surface area contributed by atoms with Gasteiger partial charge in [0.15, 0.2) is 0 Å². The minimum Gasteiger partial charge on any atom is -0.315 e. The number of carbonyl (C=O) groups excluding carboxylic acids is 2. The first-order valence-corrected chi connectivity index (χ1v) is 9.25. The lowest BCUT2D eigenvalue weighted by Gasteiger charge is -2.58. The van der Waals surface area contributed by atoms with Gasteiger partial charge < -0.3 is 9.80 Å². The highest BCUT2D eigenvalue weighted by Gasteiger charge is 2.62. The van der Waals surface area contributed by atoms with E-state index in [1.807, 2.05) is 74.8 Å². The molecule has 3 unspecified atom stereocenters. The highest BCUT2D eigenvalue weighted by Crippen LogP contribution is 2.59. The Labute approximate surface area is 154 Å². The van der Waals surface area contributed by atoms with Crippen molar-refractivity contribution in [3.63, 3.8) is 0 Å². The van der Waals surface area contributed by atoms with Crippen molar-refractivity contribution in [2.45, 2.75) is 12.8 Å². The van der Waals surface area contributed by atoms with Crippen molar-refractivity contribution in [1.82, 2.24) is 0 Å². The Bertz CT molecular complexity index is 736. The molecule has 2 aromatic carbocycles. The van der Waals surface area contributed by atoms with Gasteiger partial charge in [0.1, 0.15) is 0 Å². The van der Waals surface area contributed by atoms with E-state index in [-0.39, 0.29) is 23.7 Å². The van der Waals surface area contributed by atoms with E-state index in [2.05, 4.69) is 0 Å². The van der Waals surface area contributed by atoms with Crippen molar-refractivity contribution in [3.8, 4) is 0 Å². The van der Waals surface area contributed by atoms with Gasteiger partial charge in [-0.05, 0) is 48.9 Å². The highest BCUT2D eigenvalue weighted by atomic mass is 16.2. The summed E-state index contributed by atoms with van der Waals surface area (Å²) in [7, 11) is 3.62. The number of hydrogen-bond acceptors (Lipinski definition) is 2. The van der Waals surface area contributed by atoms with Crippen molar-refractivity contribution < 1.29 is 9.59 Å². The van der Waals surface area contributed by atoms with Gasteiger partial charge >= 0.3 is 0 Å². The second-order valence-corrected chi connectivity index (χ2v) is 7.42. The minimum absolute atomic E-state index is 0.0666. The van der Waals surface area contributed by atoms with Crippen LogP contribution in [0.4, 0.5) is 11.4 Å². The van der Waals surface area contributed by atoms with Crippen LogP contribution in [-0.2, 0) is 9.59 Å². The average molecular weight is 348 g/mol. The van der Waals surface area contributed by atoms with Gasteiger partial charge in [-0.15, -0.1) is 0 Å². The fraction of sp³-hybridized carbons (Fsp3) is 0.364. The van der Waals surface area contributed by atoms with Crippen LogP contribution in [0.3, 0.4) is 0 Å². The Morgan fingerprint density at radius 3 is 1.35 bits per heavy atom. The summed E-state index contributed by atoms with van der Waals surface area (Å²) in [6.07, 6.45) is 2.12. The Balaban J connectivity index is 1.54. The summed E-state index contributed by atoms with van der Waals surface area (Å²) in [5, 5.41) is 0. The van der Waals surface area contributed by atoms with E-state index in [4.69, 9.17) is 0 Å². The van der Waals surface area contributed by atoms with Crippen LogP contribution in [0.1, 0.15) is 12.8 Å². The summed E-state index contributed by atoms with van der Waals surface area (Å²) >= 11 is 0. The maximum absolute atomic E-state index is 13.1. The largest absolute Gasteiger partial charge is 0.315 e. The zero-order valence-corrected chi connectivity index (χ0v) is 15.2. The first-order valence-electron chi connectivity index (χ1n) is 9.25. The fourth-order valence-corrected chi connectivity index (χ4v) is 4.51. The van der Waals surface area contributed by atoms with Crippen LogP contribution >= 0.6 is 0 Å². The SMILES string of the molecule is CN(C(=O)C1C2CC[C@@H]2C1C(=O)N(C)c1ccccc1)c1ccccc1. The molecule has 134 valence electrons. The lowest BCUT2D eigenvalue weighted by molar-refractivity contribution is -0.163. The first kappa shape index (κ1) is 16.8. The third-order valence-electron chi connectivity index (χ3n) is 6.21. The number of anilines is 2. The summed E-state index contributed by atoms with van der Waals surface area (Å²) < 4.78 is 0. The monoisotopic (exact) mass is 348 g/mol. The average Bonchev–Trinajstić information content (AvgIpc) is 2.68. The number of para-hydroxylation sites is 2. The van der Waals surface area contributed by atoms with Gasteiger partial charge in [-0.25, -0.2) is 0 Å². The van der Waals surface area contributed by atoms with E-state index in [9.17, 15) is 9.59 Å². The summed E-state index contributed by atoms with van der Waals surface area (Å²) in [5.74, 6) is 0.475. The van der Waals surface area contributed by atoms with Crippen LogP contribution in [0, 0.1) is 23.7 Å². The Hall–Kier alpha value is -2.62. The molecule has 4 nitrogen and oxygen atoms in total. The van der Waals surface area contributed by atoms with E-state index in [1.165, 1.54) is 0 Å². The fourth-order valence-electron chi connectivity index (χ4n) is 4.51. The zero-order valence-electron chi connectivity index (χ0n) is 15.2. The number of rotatable bonds is 4. The third-order valence-corrected chi connectivity index (χ3v) is 6.21. The van der Waals surface area contributed by atoms with Gasteiger partial charge in [-0.2, -0.15) is 0 Å². The van der Waals surface area contributed by atoms with Crippen LogP contribution in [-0.4, -0.2) is 25.9 Å². The normalized spacial score (nSPS) is 26.1. The maximum Gasteiger partial charge on any atom is 0.230 e. The molecular weight excluding hydrogens is 324 g/mol. The number of hydrogen-bond donors (Lipinski definition) is 0. The molecule has 0 aliphatic heterocycles. The van der Waals surface area contributed by atoms with Gasteiger partial charge in [-0.1, -0.05) is 36.4 Å². The summed E-state index contributed by atoms with van der Waals surface area (Å²) in [6, 6.07) is 19.3. The summed E-state index contributed by atoms with van der Waals surface area (Å²) in [6.45, 7) is 0. The predicted molar refractivity (Wildman–Crippen MR) is 103 cm³/mol.